The molecular weight excluding hydrogens is 252 g/mol. The normalized spacial score (nSPS) is 24.2. The first-order valence-corrected chi connectivity index (χ1v) is 7.87. The van der Waals surface area contributed by atoms with E-state index in [0.29, 0.717) is 0 Å². The van der Waals surface area contributed by atoms with Crippen LogP contribution in [0.3, 0.4) is 0 Å². The van der Waals surface area contributed by atoms with Crippen molar-refractivity contribution in [1.29, 1.82) is 0 Å². The Balaban J connectivity index is 2.06. The first kappa shape index (κ1) is 13.1. The SMILES string of the molecule is CC(C)(C)c1nc2cc(C3(C)CCCN3)ccc2s1. The predicted octanol–water partition coefficient (Wildman–Crippen LogP) is 4.19. The van der Waals surface area contributed by atoms with E-state index in [1.54, 1.807) is 0 Å². The minimum absolute atomic E-state index is 0.138. The zero-order chi connectivity index (χ0) is 13.7. The maximum absolute atomic E-state index is 4.84. The van der Waals surface area contributed by atoms with E-state index in [1.807, 2.05) is 11.3 Å². The summed E-state index contributed by atoms with van der Waals surface area (Å²) in [7, 11) is 0. The van der Waals surface area contributed by atoms with Crippen LogP contribution in [0, 0.1) is 0 Å². The van der Waals surface area contributed by atoms with Crippen molar-refractivity contribution in [1.82, 2.24) is 10.3 Å². The summed E-state index contributed by atoms with van der Waals surface area (Å²) in [6.07, 6.45) is 2.48. The molecule has 0 bridgehead atoms. The smallest absolute Gasteiger partial charge is 0.0992 e. The van der Waals surface area contributed by atoms with Crippen molar-refractivity contribution in [2.45, 2.75) is 51.5 Å². The summed E-state index contributed by atoms with van der Waals surface area (Å²) >= 11 is 1.82. The Morgan fingerprint density at radius 2 is 2.11 bits per heavy atom. The zero-order valence-corrected chi connectivity index (χ0v) is 13.0. The van der Waals surface area contributed by atoms with Crippen LogP contribution in [0.25, 0.3) is 10.2 Å². The third-order valence-corrected chi connectivity index (χ3v) is 5.50. The summed E-state index contributed by atoms with van der Waals surface area (Å²) < 4.78 is 1.30. The Hall–Kier alpha value is -0.930. The van der Waals surface area contributed by atoms with Gasteiger partial charge in [-0.3, -0.25) is 0 Å². The van der Waals surface area contributed by atoms with Crippen molar-refractivity contribution in [2.24, 2.45) is 0 Å². The highest BCUT2D eigenvalue weighted by Crippen LogP contribution is 2.35. The highest BCUT2D eigenvalue weighted by atomic mass is 32.1. The number of nitrogens with zero attached hydrogens (tertiary/aromatic N) is 1. The van der Waals surface area contributed by atoms with Crippen LogP contribution in [0.15, 0.2) is 18.2 Å². The topological polar surface area (TPSA) is 24.9 Å². The van der Waals surface area contributed by atoms with E-state index in [4.69, 9.17) is 4.98 Å². The molecule has 0 saturated carbocycles. The number of nitrogens with one attached hydrogen (secondary N) is 1. The second-order valence-corrected chi connectivity index (χ2v) is 7.84. The summed E-state index contributed by atoms with van der Waals surface area (Å²) in [4.78, 5) is 4.84. The molecule has 2 aromatic rings. The summed E-state index contributed by atoms with van der Waals surface area (Å²) in [5, 5.41) is 4.85. The van der Waals surface area contributed by atoms with E-state index in [2.05, 4.69) is 51.2 Å². The van der Waals surface area contributed by atoms with Crippen LogP contribution < -0.4 is 5.32 Å². The molecule has 2 heterocycles. The molecule has 0 spiro atoms. The van der Waals surface area contributed by atoms with E-state index in [9.17, 15) is 0 Å². The fourth-order valence-electron chi connectivity index (χ4n) is 2.73. The van der Waals surface area contributed by atoms with E-state index in [-0.39, 0.29) is 11.0 Å². The van der Waals surface area contributed by atoms with Crippen molar-refractivity contribution in [2.75, 3.05) is 6.54 Å². The molecule has 1 unspecified atom stereocenters. The van der Waals surface area contributed by atoms with Gasteiger partial charge in [0.25, 0.3) is 0 Å². The molecule has 19 heavy (non-hydrogen) atoms. The first-order chi connectivity index (χ1) is 8.88. The molecule has 1 aromatic heterocycles. The molecule has 0 aliphatic carbocycles. The van der Waals surface area contributed by atoms with Gasteiger partial charge in [-0.05, 0) is 44.0 Å². The quantitative estimate of drug-likeness (QED) is 0.843. The van der Waals surface area contributed by atoms with Gasteiger partial charge in [0.1, 0.15) is 0 Å². The average molecular weight is 274 g/mol. The predicted molar refractivity (Wildman–Crippen MR) is 82.9 cm³/mol. The number of hydrogen-bond acceptors (Lipinski definition) is 3. The van der Waals surface area contributed by atoms with Crippen LogP contribution in [0.2, 0.25) is 0 Å². The van der Waals surface area contributed by atoms with Crippen molar-refractivity contribution in [3.05, 3.63) is 28.8 Å². The molecule has 1 aromatic carbocycles. The average Bonchev–Trinajstić information content (AvgIpc) is 2.93. The summed E-state index contributed by atoms with van der Waals surface area (Å²) in [5.41, 5.74) is 2.81. The van der Waals surface area contributed by atoms with E-state index < -0.39 is 0 Å². The molecule has 3 heteroatoms. The van der Waals surface area contributed by atoms with Gasteiger partial charge in [0.2, 0.25) is 0 Å². The van der Waals surface area contributed by atoms with Crippen LogP contribution in [-0.4, -0.2) is 11.5 Å². The van der Waals surface area contributed by atoms with E-state index >= 15 is 0 Å². The number of thiazole rings is 1. The van der Waals surface area contributed by atoms with Gasteiger partial charge in [-0.2, -0.15) is 0 Å². The Morgan fingerprint density at radius 1 is 1.32 bits per heavy atom. The van der Waals surface area contributed by atoms with Crippen molar-refractivity contribution in [3.8, 4) is 0 Å². The number of rotatable bonds is 1. The Bertz CT molecular complexity index is 601. The first-order valence-electron chi connectivity index (χ1n) is 7.05. The number of fused-ring (bicyclic) bond motifs is 1. The van der Waals surface area contributed by atoms with Gasteiger partial charge in [-0.1, -0.05) is 26.8 Å². The largest absolute Gasteiger partial charge is 0.308 e. The molecular formula is C16H22N2S. The van der Waals surface area contributed by atoms with Gasteiger partial charge in [0.05, 0.1) is 15.2 Å². The molecule has 1 N–H and O–H groups in total. The lowest BCUT2D eigenvalue weighted by atomic mass is 9.90. The minimum Gasteiger partial charge on any atom is -0.308 e. The minimum atomic E-state index is 0.138. The van der Waals surface area contributed by atoms with E-state index in [0.717, 1.165) is 12.1 Å². The van der Waals surface area contributed by atoms with Crippen LogP contribution in [-0.2, 0) is 11.0 Å². The highest BCUT2D eigenvalue weighted by molar-refractivity contribution is 7.18. The molecule has 2 nitrogen and oxygen atoms in total. The zero-order valence-electron chi connectivity index (χ0n) is 12.2. The molecule has 0 radical (unpaired) electrons. The summed E-state index contributed by atoms with van der Waals surface area (Å²) in [6, 6.07) is 6.79. The van der Waals surface area contributed by atoms with Crippen LogP contribution >= 0.6 is 11.3 Å². The maximum atomic E-state index is 4.84. The van der Waals surface area contributed by atoms with Gasteiger partial charge in [0, 0.05) is 11.0 Å². The van der Waals surface area contributed by atoms with Gasteiger partial charge in [-0.25, -0.2) is 4.98 Å². The number of aromatic nitrogens is 1. The van der Waals surface area contributed by atoms with Gasteiger partial charge in [-0.15, -0.1) is 11.3 Å². The second kappa shape index (κ2) is 4.29. The van der Waals surface area contributed by atoms with Crippen molar-refractivity contribution < 1.29 is 0 Å². The standard InChI is InChI=1S/C16H22N2S/c1-15(2,3)14-18-12-10-11(6-7-13(12)19-14)16(4)8-5-9-17-16/h6-7,10,17H,5,8-9H2,1-4H3. The fraction of sp³-hybridized carbons (Fsp3) is 0.562. The Labute approximate surface area is 119 Å². The van der Waals surface area contributed by atoms with Crippen molar-refractivity contribution >= 4 is 21.6 Å². The monoisotopic (exact) mass is 274 g/mol. The van der Waals surface area contributed by atoms with Crippen molar-refractivity contribution in [3.63, 3.8) is 0 Å². The molecule has 1 atom stereocenters. The van der Waals surface area contributed by atoms with Crippen LogP contribution in [0.4, 0.5) is 0 Å². The molecule has 1 aliphatic rings. The third kappa shape index (κ3) is 2.30. The lowest BCUT2D eigenvalue weighted by Gasteiger charge is -2.24. The molecule has 1 fully saturated rings. The second-order valence-electron chi connectivity index (χ2n) is 6.81. The summed E-state index contributed by atoms with van der Waals surface area (Å²) in [5.74, 6) is 0. The maximum Gasteiger partial charge on any atom is 0.0992 e. The van der Waals surface area contributed by atoms with Gasteiger partial charge >= 0.3 is 0 Å². The summed E-state index contributed by atoms with van der Waals surface area (Å²) in [6.45, 7) is 10.1. The Kier molecular flexibility index (Phi) is 2.95. The lowest BCUT2D eigenvalue weighted by molar-refractivity contribution is 0.435. The molecule has 1 aliphatic heterocycles. The van der Waals surface area contributed by atoms with E-state index in [1.165, 1.54) is 28.1 Å². The number of hydrogen-bond donors (Lipinski definition) is 1. The van der Waals surface area contributed by atoms with Crippen LogP contribution in [0.5, 0.6) is 0 Å². The lowest BCUT2D eigenvalue weighted by Crippen LogP contribution is -2.32. The fourth-order valence-corrected chi connectivity index (χ4v) is 3.74. The molecule has 0 amide bonds. The highest BCUT2D eigenvalue weighted by Gasteiger charge is 2.30. The van der Waals surface area contributed by atoms with Gasteiger partial charge in [0.15, 0.2) is 0 Å². The van der Waals surface area contributed by atoms with Crippen LogP contribution in [0.1, 0.15) is 51.1 Å². The third-order valence-electron chi connectivity index (χ3n) is 4.04. The van der Waals surface area contributed by atoms with Gasteiger partial charge < -0.3 is 5.32 Å². The Morgan fingerprint density at radius 3 is 2.74 bits per heavy atom. The molecule has 102 valence electrons. The number of benzene rings is 1. The molecule has 3 rings (SSSR count). The molecule has 1 saturated heterocycles.